The van der Waals surface area contributed by atoms with Crippen LogP contribution in [0.25, 0.3) is 0 Å². The van der Waals surface area contributed by atoms with E-state index >= 15 is 0 Å². The second kappa shape index (κ2) is 5.57. The van der Waals surface area contributed by atoms with Crippen LogP contribution in [-0.2, 0) is 0 Å². The first-order valence-electron chi connectivity index (χ1n) is 5.51. The minimum Gasteiger partial charge on any atom is -0.389 e. The van der Waals surface area contributed by atoms with Crippen LogP contribution in [0.4, 0.5) is 0 Å². The quantitative estimate of drug-likeness (QED) is 0.771. The summed E-state index contributed by atoms with van der Waals surface area (Å²) in [5, 5.41) is 10.1. The van der Waals surface area contributed by atoms with Gasteiger partial charge >= 0.3 is 0 Å². The summed E-state index contributed by atoms with van der Waals surface area (Å²) in [6.45, 7) is 6.18. The van der Waals surface area contributed by atoms with E-state index in [1.165, 1.54) is 10.5 Å². The smallest absolute Gasteiger partial charge is 0.0736 e. The van der Waals surface area contributed by atoms with Crippen LogP contribution in [0.5, 0.6) is 0 Å². The van der Waals surface area contributed by atoms with E-state index < -0.39 is 5.60 Å². The monoisotopic (exact) mass is 224 g/mol. The number of aryl methyl sites for hydroxylation is 1. The molecule has 0 atom stereocenters. The molecule has 15 heavy (non-hydrogen) atoms. The Hall–Kier alpha value is -0.470. The van der Waals surface area contributed by atoms with Crippen LogP contribution in [0.15, 0.2) is 29.2 Å². The molecule has 0 radical (unpaired) electrons. The lowest BCUT2D eigenvalue weighted by atomic mass is 10.0. The van der Waals surface area contributed by atoms with Crippen molar-refractivity contribution in [2.75, 3.05) is 5.75 Å². The fraction of sp³-hybridized carbons (Fsp3) is 0.538. The number of benzene rings is 1. The van der Waals surface area contributed by atoms with Crippen molar-refractivity contribution in [3.63, 3.8) is 0 Å². The standard InChI is InChI=1S/C13H20OS/c1-4-13(14,5-2)10-15-12-8-6-7-11(3)9-12/h6-9,14H,4-5,10H2,1-3H3. The van der Waals surface area contributed by atoms with Crippen molar-refractivity contribution in [2.24, 2.45) is 0 Å². The molecule has 0 aliphatic heterocycles. The first-order valence-corrected chi connectivity index (χ1v) is 6.50. The van der Waals surface area contributed by atoms with Gasteiger partial charge in [-0.05, 0) is 31.9 Å². The Bertz CT molecular complexity index is 305. The Morgan fingerprint density at radius 3 is 2.47 bits per heavy atom. The summed E-state index contributed by atoms with van der Waals surface area (Å²) in [5.41, 5.74) is 0.769. The van der Waals surface area contributed by atoms with Crippen molar-refractivity contribution >= 4 is 11.8 Å². The predicted molar refractivity (Wildman–Crippen MR) is 67.4 cm³/mol. The van der Waals surface area contributed by atoms with Crippen LogP contribution in [0.2, 0.25) is 0 Å². The molecular formula is C13H20OS. The van der Waals surface area contributed by atoms with Crippen LogP contribution in [0.1, 0.15) is 32.3 Å². The zero-order valence-corrected chi connectivity index (χ0v) is 10.6. The van der Waals surface area contributed by atoms with Crippen LogP contribution in [-0.4, -0.2) is 16.5 Å². The summed E-state index contributed by atoms with van der Waals surface area (Å²) < 4.78 is 0. The molecule has 84 valence electrons. The van der Waals surface area contributed by atoms with E-state index in [0.29, 0.717) is 0 Å². The van der Waals surface area contributed by atoms with Crippen LogP contribution < -0.4 is 0 Å². The molecule has 2 heteroatoms. The SMILES string of the molecule is CCC(O)(CC)CSc1cccc(C)c1. The van der Waals surface area contributed by atoms with Gasteiger partial charge in [-0.15, -0.1) is 11.8 Å². The average Bonchev–Trinajstić information content (AvgIpc) is 2.26. The van der Waals surface area contributed by atoms with Gasteiger partial charge in [0.25, 0.3) is 0 Å². The average molecular weight is 224 g/mol. The van der Waals surface area contributed by atoms with Gasteiger partial charge < -0.3 is 5.11 Å². The first-order chi connectivity index (χ1) is 7.09. The van der Waals surface area contributed by atoms with Crippen LogP contribution >= 0.6 is 11.8 Å². The number of hydrogen-bond acceptors (Lipinski definition) is 2. The molecule has 0 heterocycles. The molecule has 0 unspecified atom stereocenters. The normalized spacial score (nSPS) is 11.7. The van der Waals surface area contributed by atoms with Gasteiger partial charge in [0.2, 0.25) is 0 Å². The van der Waals surface area contributed by atoms with Crippen molar-refractivity contribution in [3.05, 3.63) is 29.8 Å². The van der Waals surface area contributed by atoms with E-state index in [1.54, 1.807) is 11.8 Å². The van der Waals surface area contributed by atoms with Crippen LogP contribution in [0, 0.1) is 6.92 Å². The maximum atomic E-state index is 10.1. The van der Waals surface area contributed by atoms with Gasteiger partial charge in [0.15, 0.2) is 0 Å². The maximum absolute atomic E-state index is 10.1. The third-order valence-corrected chi connectivity index (χ3v) is 4.08. The highest BCUT2D eigenvalue weighted by Gasteiger charge is 2.21. The van der Waals surface area contributed by atoms with Crippen molar-refractivity contribution in [1.82, 2.24) is 0 Å². The molecule has 1 nitrogen and oxygen atoms in total. The highest BCUT2D eigenvalue weighted by Crippen LogP contribution is 2.27. The Kier molecular flexibility index (Phi) is 4.68. The van der Waals surface area contributed by atoms with Gasteiger partial charge in [0, 0.05) is 10.6 Å². The van der Waals surface area contributed by atoms with E-state index in [4.69, 9.17) is 0 Å². The van der Waals surface area contributed by atoms with E-state index in [9.17, 15) is 5.11 Å². The lowest BCUT2D eigenvalue weighted by Gasteiger charge is -2.24. The predicted octanol–water partition coefficient (Wildman–Crippen LogP) is 3.64. The molecule has 0 spiro atoms. The van der Waals surface area contributed by atoms with Crippen LogP contribution in [0.3, 0.4) is 0 Å². The lowest BCUT2D eigenvalue weighted by Crippen LogP contribution is -2.29. The van der Waals surface area contributed by atoms with Gasteiger partial charge in [-0.2, -0.15) is 0 Å². The Labute approximate surface area is 96.9 Å². The van der Waals surface area contributed by atoms with E-state index in [2.05, 4.69) is 31.2 Å². The van der Waals surface area contributed by atoms with E-state index in [-0.39, 0.29) is 0 Å². The number of rotatable bonds is 5. The second-order valence-electron chi connectivity index (χ2n) is 4.04. The van der Waals surface area contributed by atoms with Gasteiger partial charge in [-0.1, -0.05) is 31.5 Å². The summed E-state index contributed by atoms with van der Waals surface area (Å²) in [6, 6.07) is 8.42. The third kappa shape index (κ3) is 3.88. The lowest BCUT2D eigenvalue weighted by molar-refractivity contribution is 0.0572. The zero-order chi connectivity index (χ0) is 11.3. The highest BCUT2D eigenvalue weighted by molar-refractivity contribution is 7.99. The summed E-state index contributed by atoms with van der Waals surface area (Å²) in [4.78, 5) is 1.25. The fourth-order valence-corrected chi connectivity index (χ4v) is 2.66. The molecule has 0 saturated carbocycles. The number of hydrogen-bond donors (Lipinski definition) is 1. The summed E-state index contributed by atoms with van der Waals surface area (Å²) >= 11 is 1.74. The van der Waals surface area contributed by atoms with E-state index in [1.807, 2.05) is 13.8 Å². The molecule has 0 aliphatic rings. The Morgan fingerprint density at radius 1 is 1.27 bits per heavy atom. The third-order valence-electron chi connectivity index (χ3n) is 2.81. The van der Waals surface area contributed by atoms with Gasteiger partial charge in [0.1, 0.15) is 0 Å². The molecule has 0 saturated heterocycles. The highest BCUT2D eigenvalue weighted by atomic mass is 32.2. The topological polar surface area (TPSA) is 20.2 Å². The summed E-state index contributed by atoms with van der Waals surface area (Å²) in [5.74, 6) is 0.781. The number of thioether (sulfide) groups is 1. The molecule has 1 aromatic rings. The van der Waals surface area contributed by atoms with E-state index in [0.717, 1.165) is 18.6 Å². The second-order valence-corrected chi connectivity index (χ2v) is 5.09. The molecule has 1 rings (SSSR count). The van der Waals surface area contributed by atoms with Crippen molar-refractivity contribution < 1.29 is 5.11 Å². The van der Waals surface area contributed by atoms with Gasteiger partial charge in [-0.25, -0.2) is 0 Å². The van der Waals surface area contributed by atoms with Crippen molar-refractivity contribution in [1.29, 1.82) is 0 Å². The molecule has 0 aromatic heterocycles. The largest absolute Gasteiger partial charge is 0.389 e. The number of aliphatic hydroxyl groups is 1. The molecule has 0 bridgehead atoms. The molecular weight excluding hydrogens is 204 g/mol. The van der Waals surface area contributed by atoms with Crippen molar-refractivity contribution in [3.8, 4) is 0 Å². The minimum absolute atomic E-state index is 0.506. The molecule has 0 amide bonds. The fourth-order valence-electron chi connectivity index (χ4n) is 1.38. The summed E-state index contributed by atoms with van der Waals surface area (Å²) in [6.07, 6.45) is 1.64. The van der Waals surface area contributed by atoms with Crippen molar-refractivity contribution in [2.45, 2.75) is 44.1 Å². The summed E-state index contributed by atoms with van der Waals surface area (Å²) in [7, 11) is 0. The first kappa shape index (κ1) is 12.6. The van der Waals surface area contributed by atoms with Gasteiger partial charge in [-0.3, -0.25) is 0 Å². The van der Waals surface area contributed by atoms with Gasteiger partial charge in [0.05, 0.1) is 5.60 Å². The Morgan fingerprint density at radius 2 is 1.93 bits per heavy atom. The Balaban J connectivity index is 2.56. The molecule has 1 N–H and O–H groups in total. The zero-order valence-electron chi connectivity index (χ0n) is 9.79. The minimum atomic E-state index is -0.506. The molecule has 1 aromatic carbocycles. The maximum Gasteiger partial charge on any atom is 0.0736 e. The molecule has 0 aliphatic carbocycles. The molecule has 0 fully saturated rings.